The quantitative estimate of drug-likeness (QED) is 0.870. The Morgan fingerprint density at radius 3 is 2.82 bits per heavy atom. The molecule has 0 unspecified atom stereocenters. The standard InChI is InChI=1S/C11H9ClN2O2S/c1-17-9-4-2-3-8(10(9)11(15)16)14-6-7(12)5-13-14/h2-6H,1H3,(H,15,16). The van der Waals surface area contributed by atoms with Crippen molar-refractivity contribution in [2.75, 3.05) is 6.26 Å². The first-order chi connectivity index (χ1) is 8.13. The molecule has 1 heterocycles. The number of aromatic carboxylic acids is 1. The summed E-state index contributed by atoms with van der Waals surface area (Å²) in [6.45, 7) is 0. The molecule has 0 aliphatic carbocycles. The van der Waals surface area contributed by atoms with E-state index in [4.69, 9.17) is 11.6 Å². The Kier molecular flexibility index (Phi) is 3.40. The van der Waals surface area contributed by atoms with Gasteiger partial charge in [-0.05, 0) is 18.4 Å². The Labute approximate surface area is 107 Å². The first-order valence-corrected chi connectivity index (χ1v) is 6.34. The lowest BCUT2D eigenvalue weighted by Crippen LogP contribution is -2.07. The second kappa shape index (κ2) is 4.81. The number of benzene rings is 1. The molecule has 17 heavy (non-hydrogen) atoms. The average molecular weight is 269 g/mol. The van der Waals surface area contributed by atoms with Gasteiger partial charge in [-0.25, -0.2) is 9.48 Å². The molecule has 1 N–H and O–H groups in total. The van der Waals surface area contributed by atoms with Crippen LogP contribution in [0.1, 0.15) is 10.4 Å². The molecule has 0 saturated heterocycles. The fourth-order valence-corrected chi connectivity index (χ4v) is 2.27. The van der Waals surface area contributed by atoms with E-state index >= 15 is 0 Å². The molecule has 1 aromatic carbocycles. The molecule has 0 aliphatic heterocycles. The van der Waals surface area contributed by atoms with E-state index in [1.165, 1.54) is 22.6 Å². The van der Waals surface area contributed by atoms with Crippen molar-refractivity contribution in [2.45, 2.75) is 4.90 Å². The zero-order chi connectivity index (χ0) is 12.4. The van der Waals surface area contributed by atoms with Crippen LogP contribution in [-0.2, 0) is 0 Å². The molecule has 0 saturated carbocycles. The number of rotatable bonds is 3. The Bertz CT molecular complexity index is 568. The van der Waals surface area contributed by atoms with Crippen molar-refractivity contribution in [1.82, 2.24) is 9.78 Å². The second-order valence-electron chi connectivity index (χ2n) is 3.26. The molecule has 0 spiro atoms. The zero-order valence-corrected chi connectivity index (χ0v) is 10.5. The topological polar surface area (TPSA) is 55.1 Å². The van der Waals surface area contributed by atoms with E-state index in [2.05, 4.69) is 5.10 Å². The predicted molar refractivity (Wildman–Crippen MR) is 67.3 cm³/mol. The van der Waals surface area contributed by atoms with Crippen LogP contribution in [0.2, 0.25) is 5.02 Å². The highest BCUT2D eigenvalue weighted by Crippen LogP contribution is 2.26. The van der Waals surface area contributed by atoms with Crippen LogP contribution in [-0.4, -0.2) is 27.1 Å². The summed E-state index contributed by atoms with van der Waals surface area (Å²) < 4.78 is 1.46. The van der Waals surface area contributed by atoms with E-state index in [0.29, 0.717) is 15.6 Å². The zero-order valence-electron chi connectivity index (χ0n) is 8.92. The highest BCUT2D eigenvalue weighted by Gasteiger charge is 2.16. The lowest BCUT2D eigenvalue weighted by molar-refractivity contribution is 0.0693. The van der Waals surface area contributed by atoms with Crippen molar-refractivity contribution < 1.29 is 9.90 Å². The van der Waals surface area contributed by atoms with Gasteiger partial charge in [0.2, 0.25) is 0 Å². The molecule has 0 radical (unpaired) electrons. The van der Waals surface area contributed by atoms with Crippen molar-refractivity contribution in [1.29, 1.82) is 0 Å². The third-order valence-corrected chi connectivity index (χ3v) is 3.21. The van der Waals surface area contributed by atoms with Crippen LogP contribution in [0, 0.1) is 0 Å². The van der Waals surface area contributed by atoms with Crippen molar-refractivity contribution in [3.63, 3.8) is 0 Å². The Balaban J connectivity index is 2.65. The summed E-state index contributed by atoms with van der Waals surface area (Å²) in [4.78, 5) is 12.0. The summed E-state index contributed by atoms with van der Waals surface area (Å²) in [5.41, 5.74) is 0.746. The highest BCUT2D eigenvalue weighted by atomic mass is 35.5. The Morgan fingerprint density at radius 2 is 2.29 bits per heavy atom. The van der Waals surface area contributed by atoms with Gasteiger partial charge in [-0.1, -0.05) is 17.7 Å². The maximum absolute atomic E-state index is 11.3. The summed E-state index contributed by atoms with van der Waals surface area (Å²) >= 11 is 7.16. The van der Waals surface area contributed by atoms with Gasteiger partial charge in [0.05, 0.1) is 22.5 Å². The van der Waals surface area contributed by atoms with Crippen LogP contribution in [0.4, 0.5) is 0 Å². The molecule has 0 aliphatic rings. The maximum atomic E-state index is 11.3. The summed E-state index contributed by atoms with van der Waals surface area (Å²) in [7, 11) is 0. The molecular formula is C11H9ClN2O2S. The van der Waals surface area contributed by atoms with Gasteiger partial charge in [0.1, 0.15) is 0 Å². The van der Waals surface area contributed by atoms with Gasteiger partial charge in [0.15, 0.2) is 0 Å². The number of carboxylic acid groups (broad SMARTS) is 1. The Hall–Kier alpha value is -1.46. The number of aromatic nitrogens is 2. The van der Waals surface area contributed by atoms with Crippen molar-refractivity contribution in [3.05, 3.63) is 41.2 Å². The van der Waals surface area contributed by atoms with Gasteiger partial charge in [-0.2, -0.15) is 5.10 Å². The predicted octanol–water partition coefficient (Wildman–Crippen LogP) is 2.95. The fourth-order valence-electron chi connectivity index (χ4n) is 1.53. The average Bonchev–Trinajstić information content (AvgIpc) is 2.74. The first kappa shape index (κ1) is 12.0. The number of carboxylic acids is 1. The number of thioether (sulfide) groups is 1. The van der Waals surface area contributed by atoms with Crippen molar-refractivity contribution in [3.8, 4) is 5.69 Å². The van der Waals surface area contributed by atoms with Crippen LogP contribution >= 0.6 is 23.4 Å². The molecule has 0 bridgehead atoms. The minimum absolute atomic E-state index is 0.236. The summed E-state index contributed by atoms with van der Waals surface area (Å²) in [5, 5.41) is 13.7. The highest BCUT2D eigenvalue weighted by molar-refractivity contribution is 7.98. The Morgan fingerprint density at radius 1 is 1.53 bits per heavy atom. The van der Waals surface area contributed by atoms with Crippen LogP contribution in [0.15, 0.2) is 35.5 Å². The van der Waals surface area contributed by atoms with Crippen LogP contribution in [0.5, 0.6) is 0 Å². The van der Waals surface area contributed by atoms with E-state index in [0.717, 1.165) is 0 Å². The minimum atomic E-state index is -0.975. The van der Waals surface area contributed by atoms with Gasteiger partial charge in [0.25, 0.3) is 0 Å². The van der Waals surface area contributed by atoms with E-state index in [9.17, 15) is 9.90 Å². The van der Waals surface area contributed by atoms with E-state index < -0.39 is 5.97 Å². The number of nitrogens with zero attached hydrogens (tertiary/aromatic N) is 2. The molecule has 2 aromatic rings. The van der Waals surface area contributed by atoms with Gasteiger partial charge in [0, 0.05) is 11.1 Å². The summed E-state index contributed by atoms with van der Waals surface area (Å²) in [6, 6.07) is 5.26. The lowest BCUT2D eigenvalue weighted by atomic mass is 10.2. The fraction of sp³-hybridized carbons (Fsp3) is 0.0909. The molecule has 6 heteroatoms. The largest absolute Gasteiger partial charge is 0.478 e. The van der Waals surface area contributed by atoms with Crippen LogP contribution in [0.25, 0.3) is 5.69 Å². The van der Waals surface area contributed by atoms with Crippen LogP contribution in [0.3, 0.4) is 0 Å². The molecule has 0 amide bonds. The van der Waals surface area contributed by atoms with E-state index in [1.54, 1.807) is 24.4 Å². The molecule has 1 aromatic heterocycles. The van der Waals surface area contributed by atoms with Crippen molar-refractivity contribution in [2.24, 2.45) is 0 Å². The molecule has 2 rings (SSSR count). The first-order valence-electron chi connectivity index (χ1n) is 4.74. The lowest BCUT2D eigenvalue weighted by Gasteiger charge is -2.09. The molecule has 0 fully saturated rings. The second-order valence-corrected chi connectivity index (χ2v) is 4.55. The molecule has 4 nitrogen and oxygen atoms in total. The summed E-state index contributed by atoms with van der Waals surface area (Å²) in [5.74, 6) is -0.975. The van der Waals surface area contributed by atoms with Gasteiger partial charge >= 0.3 is 5.97 Å². The molecule has 88 valence electrons. The smallest absolute Gasteiger partial charge is 0.339 e. The minimum Gasteiger partial charge on any atom is -0.478 e. The number of carbonyl (C=O) groups is 1. The maximum Gasteiger partial charge on any atom is 0.339 e. The van der Waals surface area contributed by atoms with Crippen LogP contribution < -0.4 is 0 Å². The van der Waals surface area contributed by atoms with Gasteiger partial charge in [-0.3, -0.25) is 0 Å². The summed E-state index contributed by atoms with van der Waals surface area (Å²) in [6.07, 6.45) is 4.88. The third-order valence-electron chi connectivity index (χ3n) is 2.24. The van der Waals surface area contributed by atoms with Gasteiger partial charge < -0.3 is 5.11 Å². The third kappa shape index (κ3) is 2.30. The van der Waals surface area contributed by atoms with E-state index in [-0.39, 0.29) is 5.56 Å². The molecule has 0 atom stereocenters. The van der Waals surface area contributed by atoms with Gasteiger partial charge in [-0.15, -0.1) is 11.8 Å². The van der Waals surface area contributed by atoms with Crippen molar-refractivity contribution >= 4 is 29.3 Å². The number of hydrogen-bond donors (Lipinski definition) is 1. The van der Waals surface area contributed by atoms with E-state index in [1.807, 2.05) is 6.26 Å². The molecular weight excluding hydrogens is 260 g/mol. The normalized spacial score (nSPS) is 10.5. The number of halogens is 1. The number of hydrogen-bond acceptors (Lipinski definition) is 3. The monoisotopic (exact) mass is 268 g/mol. The SMILES string of the molecule is CSc1cccc(-n2cc(Cl)cn2)c1C(=O)O.